The Morgan fingerprint density at radius 1 is 1.26 bits per heavy atom. The summed E-state index contributed by atoms with van der Waals surface area (Å²) in [6, 6.07) is 13.5. The first-order valence-corrected chi connectivity index (χ1v) is 6.31. The molecule has 1 aliphatic rings. The first kappa shape index (κ1) is 12.0. The van der Waals surface area contributed by atoms with Gasteiger partial charge in [0.1, 0.15) is 6.10 Å². The molecule has 2 aromatic rings. The fourth-order valence-electron chi connectivity index (χ4n) is 2.43. The molecule has 1 aromatic carbocycles. The second-order valence-electron chi connectivity index (χ2n) is 4.66. The van der Waals surface area contributed by atoms with Gasteiger partial charge in [0.15, 0.2) is 0 Å². The van der Waals surface area contributed by atoms with Crippen LogP contribution in [0.2, 0.25) is 0 Å². The Morgan fingerprint density at radius 2 is 2.11 bits per heavy atom. The van der Waals surface area contributed by atoms with Crippen LogP contribution < -0.4 is 10.1 Å². The monoisotopic (exact) mass is 256 g/mol. The highest BCUT2D eigenvalue weighted by atomic mass is 16.5. The molecule has 19 heavy (non-hydrogen) atoms. The van der Waals surface area contributed by atoms with Crippen molar-refractivity contribution in [2.24, 2.45) is 0 Å². The number of methoxy groups -OCH3 is 1. The molecule has 0 amide bonds. The number of aliphatic hydroxyl groups is 1. The van der Waals surface area contributed by atoms with Crippen molar-refractivity contribution in [3.8, 4) is 5.88 Å². The van der Waals surface area contributed by atoms with Crippen LogP contribution in [0.15, 0.2) is 42.5 Å². The number of aliphatic hydroxyl groups excluding tert-OH is 1. The molecule has 4 heteroatoms. The van der Waals surface area contributed by atoms with Gasteiger partial charge in [0, 0.05) is 11.8 Å². The van der Waals surface area contributed by atoms with Gasteiger partial charge in [0.05, 0.1) is 18.8 Å². The van der Waals surface area contributed by atoms with Gasteiger partial charge in [-0.25, -0.2) is 4.98 Å². The van der Waals surface area contributed by atoms with Crippen molar-refractivity contribution in [1.29, 1.82) is 0 Å². The maximum Gasteiger partial charge on any atom is 0.213 e. The average molecular weight is 256 g/mol. The van der Waals surface area contributed by atoms with Crippen LogP contribution in [0.3, 0.4) is 0 Å². The van der Waals surface area contributed by atoms with Crippen LogP contribution in [0.25, 0.3) is 0 Å². The van der Waals surface area contributed by atoms with E-state index in [0.717, 1.165) is 12.1 Å². The molecular formula is C15H16N2O2. The molecule has 0 aliphatic carbocycles. The highest BCUT2D eigenvalue weighted by molar-refractivity contribution is 5.57. The van der Waals surface area contributed by atoms with E-state index in [1.54, 1.807) is 13.2 Å². The van der Waals surface area contributed by atoms with Crippen LogP contribution in [0.4, 0.5) is 5.69 Å². The van der Waals surface area contributed by atoms with E-state index in [1.165, 1.54) is 5.56 Å². The quantitative estimate of drug-likeness (QED) is 0.883. The summed E-state index contributed by atoms with van der Waals surface area (Å²) in [4.78, 5) is 4.29. The molecule has 2 heterocycles. The summed E-state index contributed by atoms with van der Waals surface area (Å²) in [5.74, 6) is 0.520. The average Bonchev–Trinajstić information content (AvgIpc) is 2.90. The van der Waals surface area contributed by atoms with Gasteiger partial charge in [0.25, 0.3) is 0 Å². The number of fused-ring (bicyclic) bond motifs is 1. The molecule has 3 rings (SSSR count). The van der Waals surface area contributed by atoms with E-state index >= 15 is 0 Å². The number of pyridine rings is 1. The molecule has 0 fully saturated rings. The third-order valence-electron chi connectivity index (χ3n) is 3.44. The Labute approximate surface area is 112 Å². The SMILES string of the molecule is COc1cccc(C(O)C2Cc3ccccc3N2)n1. The maximum atomic E-state index is 10.4. The minimum atomic E-state index is -0.650. The Bertz CT molecular complexity index is 561. The van der Waals surface area contributed by atoms with Crippen molar-refractivity contribution in [3.05, 3.63) is 53.7 Å². The van der Waals surface area contributed by atoms with Gasteiger partial charge in [-0.15, -0.1) is 0 Å². The summed E-state index contributed by atoms with van der Waals surface area (Å²) in [6.07, 6.45) is 0.151. The van der Waals surface area contributed by atoms with E-state index in [0.29, 0.717) is 11.6 Å². The van der Waals surface area contributed by atoms with Crippen LogP contribution in [0, 0.1) is 0 Å². The lowest BCUT2D eigenvalue weighted by Crippen LogP contribution is -2.25. The first-order chi connectivity index (χ1) is 9.28. The largest absolute Gasteiger partial charge is 0.481 e. The van der Waals surface area contributed by atoms with Crippen molar-refractivity contribution in [1.82, 2.24) is 4.98 Å². The van der Waals surface area contributed by atoms with Crippen molar-refractivity contribution < 1.29 is 9.84 Å². The number of aromatic nitrogens is 1. The van der Waals surface area contributed by atoms with E-state index in [1.807, 2.05) is 30.3 Å². The molecule has 0 saturated carbocycles. The van der Waals surface area contributed by atoms with Gasteiger partial charge >= 0.3 is 0 Å². The zero-order chi connectivity index (χ0) is 13.2. The molecule has 4 nitrogen and oxygen atoms in total. The van der Waals surface area contributed by atoms with E-state index in [-0.39, 0.29) is 6.04 Å². The fourth-order valence-corrected chi connectivity index (χ4v) is 2.43. The third kappa shape index (κ3) is 2.27. The molecule has 0 spiro atoms. The predicted molar refractivity (Wildman–Crippen MR) is 73.3 cm³/mol. The van der Waals surface area contributed by atoms with E-state index < -0.39 is 6.10 Å². The number of rotatable bonds is 3. The lowest BCUT2D eigenvalue weighted by molar-refractivity contribution is 0.151. The first-order valence-electron chi connectivity index (χ1n) is 6.31. The molecule has 2 unspecified atom stereocenters. The number of anilines is 1. The third-order valence-corrected chi connectivity index (χ3v) is 3.44. The van der Waals surface area contributed by atoms with Crippen LogP contribution in [-0.2, 0) is 6.42 Å². The molecular weight excluding hydrogens is 240 g/mol. The standard InChI is InChI=1S/C15H16N2O2/c1-19-14-8-4-7-12(17-14)15(18)13-9-10-5-2-3-6-11(10)16-13/h2-8,13,15-16,18H,9H2,1H3. The number of ether oxygens (including phenoxy) is 1. The summed E-state index contributed by atoms with van der Waals surface area (Å²) in [6.45, 7) is 0. The van der Waals surface area contributed by atoms with Crippen molar-refractivity contribution >= 4 is 5.69 Å². The summed E-state index contributed by atoms with van der Waals surface area (Å²) in [5.41, 5.74) is 2.95. The predicted octanol–water partition coefficient (Wildman–Crippen LogP) is 2.16. The summed E-state index contributed by atoms with van der Waals surface area (Å²) < 4.78 is 5.09. The van der Waals surface area contributed by atoms with Crippen molar-refractivity contribution in [2.75, 3.05) is 12.4 Å². The van der Waals surface area contributed by atoms with Gasteiger partial charge in [0.2, 0.25) is 5.88 Å². The second-order valence-corrected chi connectivity index (χ2v) is 4.66. The molecule has 0 bridgehead atoms. The normalized spacial score (nSPS) is 18.5. The summed E-state index contributed by atoms with van der Waals surface area (Å²) in [7, 11) is 1.57. The van der Waals surface area contributed by atoms with Crippen molar-refractivity contribution in [2.45, 2.75) is 18.6 Å². The van der Waals surface area contributed by atoms with Gasteiger partial charge in [-0.1, -0.05) is 24.3 Å². The van der Waals surface area contributed by atoms with Crippen molar-refractivity contribution in [3.63, 3.8) is 0 Å². The fraction of sp³-hybridized carbons (Fsp3) is 0.267. The Morgan fingerprint density at radius 3 is 2.89 bits per heavy atom. The number of benzene rings is 1. The summed E-state index contributed by atoms with van der Waals surface area (Å²) >= 11 is 0. The minimum absolute atomic E-state index is 0.0444. The van der Waals surface area contributed by atoms with Crippen LogP contribution >= 0.6 is 0 Å². The maximum absolute atomic E-state index is 10.4. The number of nitrogens with one attached hydrogen (secondary N) is 1. The van der Waals surface area contributed by atoms with Gasteiger partial charge < -0.3 is 15.2 Å². The topological polar surface area (TPSA) is 54.4 Å². The Hall–Kier alpha value is -2.07. The second kappa shape index (κ2) is 4.90. The molecule has 1 aromatic heterocycles. The number of hydrogen-bond acceptors (Lipinski definition) is 4. The van der Waals surface area contributed by atoms with Crippen LogP contribution in [-0.4, -0.2) is 23.2 Å². The highest BCUT2D eigenvalue weighted by Gasteiger charge is 2.28. The molecule has 0 radical (unpaired) electrons. The van der Waals surface area contributed by atoms with Crippen LogP contribution in [0.5, 0.6) is 5.88 Å². The molecule has 2 N–H and O–H groups in total. The highest BCUT2D eigenvalue weighted by Crippen LogP contribution is 2.31. The zero-order valence-corrected chi connectivity index (χ0v) is 10.7. The molecule has 0 saturated heterocycles. The molecule has 1 aliphatic heterocycles. The molecule has 98 valence electrons. The van der Waals surface area contributed by atoms with E-state index in [4.69, 9.17) is 4.74 Å². The number of para-hydroxylation sites is 1. The van der Waals surface area contributed by atoms with Gasteiger partial charge in [-0.05, 0) is 24.1 Å². The summed E-state index contributed by atoms with van der Waals surface area (Å²) in [5, 5.41) is 13.8. The minimum Gasteiger partial charge on any atom is -0.481 e. The Balaban J connectivity index is 1.80. The number of nitrogens with zero attached hydrogens (tertiary/aromatic N) is 1. The van der Waals surface area contributed by atoms with E-state index in [9.17, 15) is 5.11 Å². The lowest BCUT2D eigenvalue weighted by Gasteiger charge is -2.18. The zero-order valence-electron chi connectivity index (χ0n) is 10.7. The lowest BCUT2D eigenvalue weighted by atomic mass is 10.0. The number of hydrogen-bond donors (Lipinski definition) is 2. The molecule has 2 atom stereocenters. The Kier molecular flexibility index (Phi) is 3.09. The van der Waals surface area contributed by atoms with Crippen LogP contribution in [0.1, 0.15) is 17.4 Å². The smallest absolute Gasteiger partial charge is 0.213 e. The van der Waals surface area contributed by atoms with Gasteiger partial charge in [-0.2, -0.15) is 0 Å². The van der Waals surface area contributed by atoms with Gasteiger partial charge in [-0.3, -0.25) is 0 Å². The van der Waals surface area contributed by atoms with E-state index in [2.05, 4.69) is 16.4 Å².